The summed E-state index contributed by atoms with van der Waals surface area (Å²) in [5.41, 5.74) is 1.18. The van der Waals surface area contributed by atoms with Crippen LogP contribution in [0.2, 0.25) is 0 Å². The van der Waals surface area contributed by atoms with Crippen LogP contribution in [-0.4, -0.2) is 17.2 Å². The van der Waals surface area contributed by atoms with E-state index in [9.17, 15) is 4.39 Å². The molecule has 0 aliphatic carbocycles. The smallest absolute Gasteiger partial charge is 0.423 e. The molecule has 64 valence electrons. The molecule has 1 aromatic carbocycles. The summed E-state index contributed by atoms with van der Waals surface area (Å²) in [5, 5.41) is 17.6. The van der Waals surface area contributed by atoms with Gasteiger partial charge in [-0.25, -0.2) is 4.39 Å². The van der Waals surface area contributed by atoms with Gasteiger partial charge in [0.25, 0.3) is 0 Å². The normalized spacial score (nSPS) is 10.1. The molecule has 0 aliphatic rings. The van der Waals surface area contributed by atoms with Crippen molar-refractivity contribution in [3.05, 3.63) is 29.1 Å². The Morgan fingerprint density at radius 1 is 1.17 bits per heavy atom. The zero-order chi connectivity index (χ0) is 9.30. The molecule has 1 rings (SSSR count). The number of hydrogen-bond acceptors (Lipinski definition) is 2. The third kappa shape index (κ3) is 1.65. The van der Waals surface area contributed by atoms with Crippen molar-refractivity contribution in [1.29, 1.82) is 0 Å². The summed E-state index contributed by atoms with van der Waals surface area (Å²) >= 11 is 0. The van der Waals surface area contributed by atoms with Crippen LogP contribution in [0.15, 0.2) is 12.1 Å². The lowest BCUT2D eigenvalue weighted by molar-refractivity contribution is 0.425. The van der Waals surface area contributed by atoms with E-state index in [2.05, 4.69) is 0 Å². The molecule has 2 nitrogen and oxygen atoms in total. The molecule has 4 heteroatoms. The average Bonchev–Trinajstić information content (AvgIpc) is 1.99. The zero-order valence-corrected chi connectivity index (χ0v) is 7.00. The molecular formula is C8H10BFO2. The maximum atomic E-state index is 13.0. The van der Waals surface area contributed by atoms with Crippen molar-refractivity contribution in [2.75, 3.05) is 0 Å². The maximum Gasteiger partial charge on any atom is 0.488 e. The second-order valence-electron chi connectivity index (χ2n) is 2.84. The monoisotopic (exact) mass is 168 g/mol. The lowest BCUT2D eigenvalue weighted by Crippen LogP contribution is -2.30. The summed E-state index contributed by atoms with van der Waals surface area (Å²) < 4.78 is 13.0. The predicted octanol–water partition coefficient (Wildman–Crippen LogP) is 0.122. The first-order valence-electron chi connectivity index (χ1n) is 3.65. The SMILES string of the molecule is Cc1cc(B(O)O)cc(C)c1F. The Morgan fingerprint density at radius 3 is 1.92 bits per heavy atom. The van der Waals surface area contributed by atoms with Crippen LogP contribution in [0.3, 0.4) is 0 Å². The average molecular weight is 168 g/mol. The molecule has 0 radical (unpaired) electrons. The van der Waals surface area contributed by atoms with Crippen LogP contribution < -0.4 is 5.46 Å². The molecule has 0 spiro atoms. The largest absolute Gasteiger partial charge is 0.488 e. The Kier molecular flexibility index (Phi) is 2.50. The van der Waals surface area contributed by atoms with E-state index in [4.69, 9.17) is 10.0 Å². The van der Waals surface area contributed by atoms with Crippen molar-refractivity contribution in [1.82, 2.24) is 0 Å². The molecule has 0 aliphatic heterocycles. The van der Waals surface area contributed by atoms with E-state index < -0.39 is 7.12 Å². The Bertz CT molecular complexity index is 276. The fourth-order valence-electron chi connectivity index (χ4n) is 1.13. The summed E-state index contributed by atoms with van der Waals surface area (Å²) in [4.78, 5) is 0. The van der Waals surface area contributed by atoms with Gasteiger partial charge in [0.15, 0.2) is 0 Å². The van der Waals surface area contributed by atoms with Crippen molar-refractivity contribution in [3.8, 4) is 0 Å². The first-order valence-corrected chi connectivity index (χ1v) is 3.65. The summed E-state index contributed by atoms with van der Waals surface area (Å²) in [6.07, 6.45) is 0. The molecule has 0 unspecified atom stereocenters. The third-order valence-corrected chi connectivity index (χ3v) is 1.76. The van der Waals surface area contributed by atoms with Crippen molar-refractivity contribution in [2.45, 2.75) is 13.8 Å². The Hall–Kier alpha value is -0.865. The van der Waals surface area contributed by atoms with Crippen LogP contribution in [0, 0.1) is 19.7 Å². The van der Waals surface area contributed by atoms with E-state index in [1.165, 1.54) is 12.1 Å². The van der Waals surface area contributed by atoms with Gasteiger partial charge < -0.3 is 10.0 Å². The standard InChI is InChI=1S/C8H10BFO2/c1-5-3-7(9(11)12)4-6(2)8(5)10/h3-4,11-12H,1-2H3. The van der Waals surface area contributed by atoms with Crippen molar-refractivity contribution in [2.24, 2.45) is 0 Å². The lowest BCUT2D eigenvalue weighted by atomic mass is 9.79. The van der Waals surface area contributed by atoms with Gasteiger partial charge in [0.2, 0.25) is 0 Å². The van der Waals surface area contributed by atoms with E-state index in [-0.39, 0.29) is 5.82 Å². The van der Waals surface area contributed by atoms with Gasteiger partial charge in [-0.05, 0) is 30.4 Å². The van der Waals surface area contributed by atoms with Gasteiger partial charge in [-0.2, -0.15) is 0 Å². The second-order valence-corrected chi connectivity index (χ2v) is 2.84. The van der Waals surface area contributed by atoms with Crippen molar-refractivity contribution < 1.29 is 14.4 Å². The van der Waals surface area contributed by atoms with Crippen LogP contribution in [-0.2, 0) is 0 Å². The van der Waals surface area contributed by atoms with Crippen molar-refractivity contribution in [3.63, 3.8) is 0 Å². The Balaban J connectivity index is 3.21. The topological polar surface area (TPSA) is 40.5 Å². The van der Waals surface area contributed by atoms with E-state index in [0.717, 1.165) is 0 Å². The molecular weight excluding hydrogens is 158 g/mol. The molecule has 0 fully saturated rings. The molecule has 0 saturated heterocycles. The minimum absolute atomic E-state index is 0.292. The fraction of sp³-hybridized carbons (Fsp3) is 0.250. The van der Waals surface area contributed by atoms with E-state index in [1.807, 2.05) is 0 Å². The molecule has 1 aromatic rings. The maximum absolute atomic E-state index is 13.0. The first kappa shape index (κ1) is 9.22. The van der Waals surface area contributed by atoms with Gasteiger partial charge in [-0.1, -0.05) is 12.1 Å². The molecule has 0 amide bonds. The summed E-state index contributed by atoms with van der Waals surface area (Å²) in [5.74, 6) is -0.292. The number of hydrogen-bond donors (Lipinski definition) is 2. The minimum Gasteiger partial charge on any atom is -0.423 e. The van der Waals surface area contributed by atoms with E-state index in [0.29, 0.717) is 16.6 Å². The van der Waals surface area contributed by atoms with Crippen LogP contribution in [0.5, 0.6) is 0 Å². The zero-order valence-electron chi connectivity index (χ0n) is 7.00. The van der Waals surface area contributed by atoms with Crippen molar-refractivity contribution >= 4 is 12.6 Å². The van der Waals surface area contributed by atoms with Gasteiger partial charge in [0, 0.05) is 0 Å². The highest BCUT2D eigenvalue weighted by atomic mass is 19.1. The highest BCUT2D eigenvalue weighted by Crippen LogP contribution is 2.08. The fourth-order valence-corrected chi connectivity index (χ4v) is 1.13. The van der Waals surface area contributed by atoms with Crippen LogP contribution in [0.4, 0.5) is 4.39 Å². The highest BCUT2D eigenvalue weighted by molar-refractivity contribution is 6.58. The molecule has 2 N–H and O–H groups in total. The number of rotatable bonds is 1. The van der Waals surface area contributed by atoms with Gasteiger partial charge >= 0.3 is 7.12 Å². The second kappa shape index (κ2) is 3.25. The van der Waals surface area contributed by atoms with Crippen LogP contribution in [0.25, 0.3) is 0 Å². The summed E-state index contributed by atoms with van der Waals surface area (Å²) in [6.45, 7) is 3.18. The number of aryl methyl sites for hydroxylation is 2. The highest BCUT2D eigenvalue weighted by Gasteiger charge is 2.13. The van der Waals surface area contributed by atoms with Crippen LogP contribution >= 0.6 is 0 Å². The third-order valence-electron chi connectivity index (χ3n) is 1.76. The Labute approximate surface area is 70.8 Å². The van der Waals surface area contributed by atoms with Gasteiger partial charge in [0.05, 0.1) is 0 Å². The van der Waals surface area contributed by atoms with Crippen LogP contribution in [0.1, 0.15) is 11.1 Å². The minimum atomic E-state index is -1.52. The molecule has 0 aromatic heterocycles. The number of benzene rings is 1. The van der Waals surface area contributed by atoms with Gasteiger partial charge in [0.1, 0.15) is 5.82 Å². The predicted molar refractivity (Wildman–Crippen MR) is 45.7 cm³/mol. The Morgan fingerprint density at radius 2 is 1.58 bits per heavy atom. The number of halogens is 1. The molecule has 0 bridgehead atoms. The molecule has 0 atom stereocenters. The first-order chi connectivity index (χ1) is 5.52. The lowest BCUT2D eigenvalue weighted by Gasteiger charge is -2.04. The quantitative estimate of drug-likeness (QED) is 0.584. The molecule has 12 heavy (non-hydrogen) atoms. The van der Waals surface area contributed by atoms with E-state index in [1.54, 1.807) is 13.8 Å². The van der Waals surface area contributed by atoms with E-state index >= 15 is 0 Å². The summed E-state index contributed by atoms with van der Waals surface area (Å²) in [6, 6.07) is 2.85. The molecule has 0 heterocycles. The van der Waals surface area contributed by atoms with Gasteiger partial charge in [-0.15, -0.1) is 0 Å². The summed E-state index contributed by atoms with van der Waals surface area (Å²) in [7, 11) is -1.52. The van der Waals surface area contributed by atoms with Gasteiger partial charge in [-0.3, -0.25) is 0 Å². The molecule has 0 saturated carbocycles.